The molecule has 0 aromatic carbocycles. The van der Waals surface area contributed by atoms with Gasteiger partial charge in [-0.05, 0) is 12.3 Å². The first-order chi connectivity index (χ1) is 5.49. The number of ketones is 1. The molecule has 0 fully saturated rings. The van der Waals surface area contributed by atoms with Crippen LogP contribution in [-0.4, -0.2) is 11.7 Å². The zero-order chi connectivity index (χ0) is 9.72. The Kier molecular flexibility index (Phi) is 4.53. The van der Waals surface area contributed by atoms with Crippen LogP contribution in [0.25, 0.3) is 0 Å². The molecule has 0 radical (unpaired) electrons. The molecule has 0 amide bonds. The van der Waals surface area contributed by atoms with Crippen molar-refractivity contribution in [1.29, 1.82) is 0 Å². The van der Waals surface area contributed by atoms with Crippen LogP contribution in [0.2, 0.25) is 0 Å². The van der Waals surface area contributed by atoms with E-state index in [1.165, 1.54) is 0 Å². The summed E-state index contributed by atoms with van der Waals surface area (Å²) in [5.41, 5.74) is 0.306. The fourth-order valence-corrected chi connectivity index (χ4v) is 0.949. The summed E-state index contributed by atoms with van der Waals surface area (Å²) >= 11 is 0. The quantitative estimate of drug-likeness (QED) is 0.475. The van der Waals surface area contributed by atoms with E-state index in [1.54, 1.807) is 19.8 Å². The predicted octanol–water partition coefficient (Wildman–Crippen LogP) is 2.02. The highest BCUT2D eigenvalue weighted by Gasteiger charge is 2.15. The standard InChI is InChI=1S/C10H16O2/c1-7(2)5-9(6-11)10(12)8(3)4/h7-8H,5H2,1-4H3. The molecule has 68 valence electrons. The SMILES string of the molecule is CC(C)CC(=C=O)C(=O)C(C)C. The highest BCUT2D eigenvalue weighted by Crippen LogP contribution is 2.12. The number of Topliss-reactive ketones (excluding diaryl/α,β-unsaturated/α-hetero) is 1. The van der Waals surface area contributed by atoms with Gasteiger partial charge in [0.05, 0.1) is 5.57 Å². The smallest absolute Gasteiger partial charge is 0.172 e. The number of hydrogen-bond donors (Lipinski definition) is 0. The van der Waals surface area contributed by atoms with E-state index < -0.39 is 0 Å². The van der Waals surface area contributed by atoms with Gasteiger partial charge < -0.3 is 0 Å². The van der Waals surface area contributed by atoms with Crippen molar-refractivity contribution < 1.29 is 9.59 Å². The zero-order valence-electron chi connectivity index (χ0n) is 8.18. The van der Waals surface area contributed by atoms with Gasteiger partial charge in [-0.1, -0.05) is 27.7 Å². The first kappa shape index (κ1) is 11.1. The largest absolute Gasteiger partial charge is 0.293 e. The molecule has 0 aromatic rings. The monoisotopic (exact) mass is 168 g/mol. The van der Waals surface area contributed by atoms with E-state index in [1.807, 2.05) is 13.8 Å². The fraction of sp³-hybridized carbons (Fsp3) is 0.700. The second-order valence-electron chi connectivity index (χ2n) is 3.70. The Labute approximate surface area is 73.7 Å². The molecule has 2 nitrogen and oxygen atoms in total. The maximum atomic E-state index is 11.3. The summed E-state index contributed by atoms with van der Waals surface area (Å²) in [6, 6.07) is 0. The second kappa shape index (κ2) is 4.89. The maximum absolute atomic E-state index is 11.3. The van der Waals surface area contributed by atoms with Crippen LogP contribution in [0, 0.1) is 11.8 Å². The molecule has 12 heavy (non-hydrogen) atoms. The molecule has 0 heterocycles. The van der Waals surface area contributed by atoms with Gasteiger partial charge in [-0.3, -0.25) is 4.79 Å². The van der Waals surface area contributed by atoms with Gasteiger partial charge in [-0.25, -0.2) is 4.79 Å². The van der Waals surface area contributed by atoms with Crippen LogP contribution in [0.5, 0.6) is 0 Å². The molecule has 0 spiro atoms. The Bertz CT molecular complexity index is 208. The third-order valence-corrected chi connectivity index (χ3v) is 1.56. The van der Waals surface area contributed by atoms with Gasteiger partial charge in [0.1, 0.15) is 5.94 Å². The Morgan fingerprint density at radius 2 is 1.75 bits per heavy atom. The van der Waals surface area contributed by atoms with E-state index in [2.05, 4.69) is 0 Å². The number of rotatable bonds is 4. The maximum Gasteiger partial charge on any atom is 0.172 e. The molecule has 2 heteroatoms. The zero-order valence-corrected chi connectivity index (χ0v) is 8.18. The Morgan fingerprint density at radius 3 is 2.00 bits per heavy atom. The van der Waals surface area contributed by atoms with Crippen LogP contribution < -0.4 is 0 Å². The summed E-state index contributed by atoms with van der Waals surface area (Å²) in [7, 11) is 0. The van der Waals surface area contributed by atoms with Crippen LogP contribution in [0.1, 0.15) is 34.1 Å². The third-order valence-electron chi connectivity index (χ3n) is 1.56. The summed E-state index contributed by atoms with van der Waals surface area (Å²) in [4.78, 5) is 21.7. The Hall–Kier alpha value is -0.880. The predicted molar refractivity (Wildman–Crippen MR) is 48.5 cm³/mol. The minimum absolute atomic E-state index is 0.0706. The van der Waals surface area contributed by atoms with E-state index in [0.29, 0.717) is 17.9 Å². The van der Waals surface area contributed by atoms with Gasteiger partial charge in [0.2, 0.25) is 0 Å². The van der Waals surface area contributed by atoms with E-state index in [-0.39, 0.29) is 11.7 Å². The lowest BCUT2D eigenvalue weighted by Gasteiger charge is -2.07. The number of carbonyl (C=O) groups is 1. The lowest BCUT2D eigenvalue weighted by molar-refractivity contribution is -0.118. The van der Waals surface area contributed by atoms with Crippen molar-refractivity contribution in [3.8, 4) is 0 Å². The van der Waals surface area contributed by atoms with Crippen LogP contribution in [0.3, 0.4) is 0 Å². The van der Waals surface area contributed by atoms with E-state index in [9.17, 15) is 9.59 Å². The molecule has 0 saturated heterocycles. The van der Waals surface area contributed by atoms with Crippen molar-refractivity contribution in [2.45, 2.75) is 34.1 Å². The van der Waals surface area contributed by atoms with Crippen LogP contribution in [0.4, 0.5) is 0 Å². The minimum atomic E-state index is -0.0970. The molecule has 0 aliphatic heterocycles. The highest BCUT2D eigenvalue weighted by molar-refractivity contribution is 6.03. The molecule has 0 atom stereocenters. The molecule has 0 rings (SSSR count). The van der Waals surface area contributed by atoms with Crippen molar-refractivity contribution >= 4 is 11.7 Å². The van der Waals surface area contributed by atoms with Gasteiger partial charge in [0.25, 0.3) is 0 Å². The van der Waals surface area contributed by atoms with Crippen LogP contribution in [-0.2, 0) is 9.59 Å². The van der Waals surface area contributed by atoms with Crippen LogP contribution >= 0.6 is 0 Å². The molecule has 0 aromatic heterocycles. The summed E-state index contributed by atoms with van der Waals surface area (Å²) < 4.78 is 0. The average molecular weight is 168 g/mol. The van der Waals surface area contributed by atoms with Crippen molar-refractivity contribution in [3.05, 3.63) is 5.57 Å². The van der Waals surface area contributed by atoms with Gasteiger partial charge in [-0.15, -0.1) is 0 Å². The summed E-state index contributed by atoms with van der Waals surface area (Å²) in [5, 5.41) is 0. The number of allylic oxidation sites excluding steroid dienone is 1. The third kappa shape index (κ3) is 3.49. The number of carbonyl (C=O) groups excluding carboxylic acids is 2. The summed E-state index contributed by atoms with van der Waals surface area (Å²) in [5.74, 6) is 1.90. The Morgan fingerprint density at radius 1 is 1.25 bits per heavy atom. The van der Waals surface area contributed by atoms with Crippen molar-refractivity contribution in [1.82, 2.24) is 0 Å². The molecule has 0 N–H and O–H groups in total. The summed E-state index contributed by atoms with van der Waals surface area (Å²) in [6.45, 7) is 7.54. The van der Waals surface area contributed by atoms with Gasteiger partial charge >= 0.3 is 0 Å². The van der Waals surface area contributed by atoms with E-state index in [0.717, 1.165) is 0 Å². The van der Waals surface area contributed by atoms with E-state index >= 15 is 0 Å². The van der Waals surface area contributed by atoms with Gasteiger partial charge in [0.15, 0.2) is 5.78 Å². The minimum Gasteiger partial charge on any atom is -0.293 e. The van der Waals surface area contributed by atoms with Crippen molar-refractivity contribution in [2.24, 2.45) is 11.8 Å². The molecule has 0 bridgehead atoms. The Balaban J connectivity index is 4.39. The van der Waals surface area contributed by atoms with Gasteiger partial charge in [0, 0.05) is 5.92 Å². The normalized spacial score (nSPS) is 10.2. The fourth-order valence-electron chi connectivity index (χ4n) is 0.949. The molecular weight excluding hydrogens is 152 g/mol. The number of hydrogen-bond acceptors (Lipinski definition) is 2. The van der Waals surface area contributed by atoms with Crippen molar-refractivity contribution in [2.75, 3.05) is 0 Å². The lowest BCUT2D eigenvalue weighted by Crippen LogP contribution is -2.12. The van der Waals surface area contributed by atoms with E-state index in [4.69, 9.17) is 0 Å². The van der Waals surface area contributed by atoms with Crippen molar-refractivity contribution in [3.63, 3.8) is 0 Å². The summed E-state index contributed by atoms with van der Waals surface area (Å²) in [6.07, 6.45) is 0.542. The van der Waals surface area contributed by atoms with Crippen LogP contribution in [0.15, 0.2) is 5.57 Å². The topological polar surface area (TPSA) is 34.1 Å². The average Bonchev–Trinajstić information content (AvgIpc) is 1.98. The molecule has 0 aliphatic rings. The first-order valence-corrected chi connectivity index (χ1v) is 4.27. The lowest BCUT2D eigenvalue weighted by atomic mass is 9.95. The molecule has 0 aliphatic carbocycles. The highest BCUT2D eigenvalue weighted by atomic mass is 16.1. The van der Waals surface area contributed by atoms with Gasteiger partial charge in [-0.2, -0.15) is 0 Å². The second-order valence-corrected chi connectivity index (χ2v) is 3.70. The molecular formula is C10H16O2. The first-order valence-electron chi connectivity index (χ1n) is 4.27. The molecule has 0 unspecified atom stereocenters. The molecule has 0 saturated carbocycles.